The van der Waals surface area contributed by atoms with Gasteiger partial charge in [0.05, 0.1) is 6.07 Å². The van der Waals surface area contributed by atoms with Gasteiger partial charge in [-0.05, 0) is 25.7 Å². The van der Waals surface area contributed by atoms with Gasteiger partial charge < -0.3 is 0 Å². The van der Waals surface area contributed by atoms with Gasteiger partial charge >= 0.3 is 0 Å². The van der Waals surface area contributed by atoms with E-state index in [9.17, 15) is 0 Å². The molecule has 0 aromatic rings. The van der Waals surface area contributed by atoms with Crippen LogP contribution in [0.1, 0.15) is 122 Å². The van der Waals surface area contributed by atoms with Crippen molar-refractivity contribution in [3.63, 3.8) is 0 Å². The molecule has 0 aliphatic heterocycles. The molecule has 25 heavy (non-hydrogen) atoms. The zero-order chi connectivity index (χ0) is 18.3. The van der Waals surface area contributed by atoms with Crippen LogP contribution >= 0.6 is 0 Å². The molecule has 0 aliphatic rings. The lowest BCUT2D eigenvalue weighted by Crippen LogP contribution is -1.83. The van der Waals surface area contributed by atoms with Crippen molar-refractivity contribution in [1.29, 1.82) is 5.26 Å². The van der Waals surface area contributed by atoms with E-state index in [0.29, 0.717) is 6.42 Å². The molecule has 144 valence electrons. The highest BCUT2D eigenvalue weighted by molar-refractivity contribution is 5.02. The van der Waals surface area contributed by atoms with E-state index in [1.54, 1.807) is 0 Å². The molecule has 0 atom stereocenters. The Labute approximate surface area is 158 Å². The third-order valence-corrected chi connectivity index (χ3v) is 4.77. The van der Waals surface area contributed by atoms with E-state index in [-0.39, 0.29) is 0 Å². The van der Waals surface area contributed by atoms with Crippen molar-refractivity contribution in [1.82, 2.24) is 0 Å². The summed E-state index contributed by atoms with van der Waals surface area (Å²) in [6.07, 6.45) is 32.6. The summed E-state index contributed by atoms with van der Waals surface area (Å²) < 4.78 is 0. The van der Waals surface area contributed by atoms with Gasteiger partial charge in [0.15, 0.2) is 0 Å². The molecule has 0 spiro atoms. The van der Waals surface area contributed by atoms with Crippen LogP contribution in [0, 0.1) is 11.3 Å². The minimum Gasteiger partial charge on any atom is -0.198 e. The molecule has 0 aromatic carbocycles. The summed E-state index contributed by atoms with van der Waals surface area (Å²) in [4.78, 5) is 0. The van der Waals surface area contributed by atoms with Gasteiger partial charge in [0.2, 0.25) is 0 Å². The maximum atomic E-state index is 8.44. The normalized spacial score (nSPS) is 11.5. The molecule has 0 unspecified atom stereocenters. The summed E-state index contributed by atoms with van der Waals surface area (Å²) in [6.45, 7) is 2.29. The highest BCUT2D eigenvalue weighted by Crippen LogP contribution is 2.13. The summed E-state index contributed by atoms with van der Waals surface area (Å²) in [5, 5.41) is 8.44. The van der Waals surface area contributed by atoms with E-state index >= 15 is 0 Å². The molecule has 0 saturated carbocycles. The Balaban J connectivity index is 3.10. The van der Waals surface area contributed by atoms with Gasteiger partial charge in [-0.2, -0.15) is 5.26 Å². The molecule has 0 saturated heterocycles. The summed E-state index contributed by atoms with van der Waals surface area (Å²) >= 11 is 0. The Morgan fingerprint density at radius 1 is 0.560 bits per heavy atom. The summed E-state index contributed by atoms with van der Waals surface area (Å²) in [6, 6.07) is 2.18. The number of hydrogen-bond donors (Lipinski definition) is 0. The SMILES string of the molecule is CCCCCCCCCCCCCCCC/C=C\C=C\CCCC#N. The van der Waals surface area contributed by atoms with E-state index < -0.39 is 0 Å². The van der Waals surface area contributed by atoms with Crippen LogP contribution in [0.2, 0.25) is 0 Å². The van der Waals surface area contributed by atoms with Gasteiger partial charge in [-0.25, -0.2) is 0 Å². The Kier molecular flexibility index (Phi) is 22.0. The second kappa shape index (κ2) is 23.0. The van der Waals surface area contributed by atoms with Crippen LogP contribution in [0.3, 0.4) is 0 Å². The first kappa shape index (κ1) is 24.0. The van der Waals surface area contributed by atoms with E-state index in [1.807, 2.05) is 0 Å². The first-order valence-corrected chi connectivity index (χ1v) is 11.1. The Hall–Kier alpha value is -1.03. The zero-order valence-corrected chi connectivity index (χ0v) is 17.0. The van der Waals surface area contributed by atoms with Crippen LogP contribution in [0.15, 0.2) is 24.3 Å². The largest absolute Gasteiger partial charge is 0.198 e. The number of hydrogen-bond acceptors (Lipinski definition) is 1. The molecule has 0 aromatic heterocycles. The average molecular weight is 346 g/mol. The van der Waals surface area contributed by atoms with Gasteiger partial charge in [0.25, 0.3) is 0 Å². The van der Waals surface area contributed by atoms with E-state index in [1.165, 1.54) is 96.3 Å². The van der Waals surface area contributed by atoms with E-state index in [4.69, 9.17) is 5.26 Å². The van der Waals surface area contributed by atoms with Gasteiger partial charge in [-0.15, -0.1) is 0 Å². The van der Waals surface area contributed by atoms with Gasteiger partial charge in [-0.3, -0.25) is 0 Å². The second-order valence-electron chi connectivity index (χ2n) is 7.29. The predicted molar refractivity (Wildman–Crippen MR) is 113 cm³/mol. The number of allylic oxidation sites excluding steroid dienone is 4. The van der Waals surface area contributed by atoms with Crippen molar-refractivity contribution in [2.45, 2.75) is 122 Å². The smallest absolute Gasteiger partial charge is 0.0621 e. The quantitative estimate of drug-likeness (QED) is 0.170. The molecule has 0 bridgehead atoms. The van der Waals surface area contributed by atoms with Crippen molar-refractivity contribution in [2.75, 3.05) is 0 Å². The predicted octanol–water partition coefficient (Wildman–Crippen LogP) is 8.66. The van der Waals surface area contributed by atoms with Crippen molar-refractivity contribution >= 4 is 0 Å². The summed E-state index contributed by atoms with van der Waals surface area (Å²) in [5.41, 5.74) is 0. The Morgan fingerprint density at radius 2 is 0.960 bits per heavy atom. The van der Waals surface area contributed by atoms with Gasteiger partial charge in [-0.1, -0.05) is 115 Å². The number of rotatable bonds is 19. The maximum absolute atomic E-state index is 8.44. The van der Waals surface area contributed by atoms with Gasteiger partial charge in [0.1, 0.15) is 0 Å². The maximum Gasteiger partial charge on any atom is 0.0621 e. The van der Waals surface area contributed by atoms with Crippen LogP contribution in [0.4, 0.5) is 0 Å². The number of unbranched alkanes of at least 4 members (excludes halogenated alkanes) is 16. The lowest BCUT2D eigenvalue weighted by Gasteiger charge is -2.02. The molecule has 1 heteroatoms. The molecule has 0 aliphatic carbocycles. The fourth-order valence-corrected chi connectivity index (χ4v) is 3.11. The highest BCUT2D eigenvalue weighted by atomic mass is 14.2. The third kappa shape index (κ3) is 23.0. The minimum atomic E-state index is 0.674. The van der Waals surface area contributed by atoms with Crippen LogP contribution < -0.4 is 0 Å². The topological polar surface area (TPSA) is 23.8 Å². The fourth-order valence-electron chi connectivity index (χ4n) is 3.11. The standard InChI is InChI=1S/C24H43N/c1-2-3-4-5-6-7-8-9-10-11-12-13-14-15-16-17-18-19-20-21-22-23-24-25/h17-20H,2-16,21-23H2,1H3/b18-17-,20-19+. The minimum absolute atomic E-state index is 0.674. The molecule has 0 radical (unpaired) electrons. The average Bonchev–Trinajstić information content (AvgIpc) is 2.63. The van der Waals surface area contributed by atoms with Crippen molar-refractivity contribution in [3.05, 3.63) is 24.3 Å². The molecule has 0 amide bonds. The molecular formula is C24H43N. The first-order chi connectivity index (χ1) is 12.4. The Morgan fingerprint density at radius 3 is 1.40 bits per heavy atom. The van der Waals surface area contributed by atoms with Crippen molar-refractivity contribution < 1.29 is 0 Å². The molecule has 0 fully saturated rings. The van der Waals surface area contributed by atoms with Crippen molar-refractivity contribution in [3.8, 4) is 6.07 Å². The van der Waals surface area contributed by atoms with Crippen molar-refractivity contribution in [2.24, 2.45) is 0 Å². The fraction of sp³-hybridized carbons (Fsp3) is 0.792. The van der Waals surface area contributed by atoms with Crippen LogP contribution in [0.25, 0.3) is 0 Å². The third-order valence-electron chi connectivity index (χ3n) is 4.77. The number of nitriles is 1. The Bertz CT molecular complexity index is 334. The summed E-state index contributed by atoms with van der Waals surface area (Å²) in [5.74, 6) is 0. The molecular weight excluding hydrogens is 302 g/mol. The highest BCUT2D eigenvalue weighted by Gasteiger charge is 1.93. The lowest BCUT2D eigenvalue weighted by atomic mass is 10.0. The van der Waals surface area contributed by atoms with Gasteiger partial charge in [0, 0.05) is 6.42 Å². The lowest BCUT2D eigenvalue weighted by molar-refractivity contribution is 0.536. The molecule has 0 N–H and O–H groups in total. The zero-order valence-electron chi connectivity index (χ0n) is 17.0. The van der Waals surface area contributed by atoms with E-state index in [0.717, 1.165) is 12.8 Å². The van der Waals surface area contributed by atoms with Crippen LogP contribution in [-0.4, -0.2) is 0 Å². The summed E-state index contributed by atoms with van der Waals surface area (Å²) in [7, 11) is 0. The number of nitrogens with zero attached hydrogens (tertiary/aromatic N) is 1. The first-order valence-electron chi connectivity index (χ1n) is 11.1. The second-order valence-corrected chi connectivity index (χ2v) is 7.29. The molecule has 0 heterocycles. The van der Waals surface area contributed by atoms with E-state index in [2.05, 4.69) is 37.3 Å². The molecule has 1 nitrogen and oxygen atoms in total. The van der Waals surface area contributed by atoms with Crippen LogP contribution in [-0.2, 0) is 0 Å². The molecule has 0 rings (SSSR count). The van der Waals surface area contributed by atoms with Crippen LogP contribution in [0.5, 0.6) is 0 Å². The monoisotopic (exact) mass is 345 g/mol.